The number of carbonyl (C=O) groups excluding carboxylic acids is 2. The molecule has 6 heteroatoms. The number of amides is 2. The molecule has 126 valence electrons. The van der Waals surface area contributed by atoms with E-state index in [-0.39, 0.29) is 29.3 Å². The zero-order valence-electron chi connectivity index (χ0n) is 14.1. The van der Waals surface area contributed by atoms with Crippen molar-refractivity contribution in [2.45, 2.75) is 70.4 Å². The molecule has 1 aromatic heterocycles. The van der Waals surface area contributed by atoms with Gasteiger partial charge in [-0.2, -0.15) is 0 Å². The van der Waals surface area contributed by atoms with Crippen LogP contribution in [0.4, 0.5) is 0 Å². The van der Waals surface area contributed by atoms with Crippen LogP contribution in [0, 0.1) is 0 Å². The molecule has 0 aliphatic carbocycles. The number of nitrogens with zero attached hydrogens (tertiary/aromatic N) is 2. The summed E-state index contributed by atoms with van der Waals surface area (Å²) in [5.41, 5.74) is 1.11. The topological polar surface area (TPSA) is 62.3 Å². The summed E-state index contributed by atoms with van der Waals surface area (Å²) in [7, 11) is 0. The van der Waals surface area contributed by atoms with Crippen molar-refractivity contribution in [3.63, 3.8) is 0 Å². The SMILES string of the molecule is CC(C)(C)c1csc([C@H]2CCCCN2C(=O)[C@H]2CCC(=O)N2)n1. The Kier molecular flexibility index (Phi) is 4.45. The normalized spacial score (nSPS) is 25.5. The Balaban J connectivity index is 1.80. The van der Waals surface area contributed by atoms with Crippen LogP contribution in [0.3, 0.4) is 0 Å². The summed E-state index contributed by atoms with van der Waals surface area (Å²) in [4.78, 5) is 31.0. The van der Waals surface area contributed by atoms with Crippen molar-refractivity contribution in [1.82, 2.24) is 15.2 Å². The van der Waals surface area contributed by atoms with Crippen LogP contribution < -0.4 is 5.32 Å². The van der Waals surface area contributed by atoms with E-state index in [0.717, 1.165) is 36.5 Å². The summed E-state index contributed by atoms with van der Waals surface area (Å²) in [5.74, 6) is 0.0502. The molecule has 2 fully saturated rings. The molecule has 3 heterocycles. The molecule has 2 aliphatic rings. The number of thiazole rings is 1. The molecule has 0 bridgehead atoms. The van der Waals surface area contributed by atoms with Crippen LogP contribution in [0.15, 0.2) is 5.38 Å². The first-order valence-electron chi connectivity index (χ1n) is 8.42. The minimum Gasteiger partial charge on any atom is -0.344 e. The van der Waals surface area contributed by atoms with Crippen molar-refractivity contribution in [3.8, 4) is 0 Å². The fourth-order valence-corrected chi connectivity index (χ4v) is 4.43. The van der Waals surface area contributed by atoms with Crippen molar-refractivity contribution in [2.24, 2.45) is 0 Å². The molecule has 0 unspecified atom stereocenters. The van der Waals surface area contributed by atoms with Crippen LogP contribution in [0.2, 0.25) is 0 Å². The lowest BCUT2D eigenvalue weighted by Gasteiger charge is -2.36. The highest BCUT2D eigenvalue weighted by atomic mass is 32.1. The Morgan fingerprint density at radius 1 is 1.35 bits per heavy atom. The van der Waals surface area contributed by atoms with E-state index in [1.54, 1.807) is 11.3 Å². The van der Waals surface area contributed by atoms with Crippen LogP contribution >= 0.6 is 11.3 Å². The minimum absolute atomic E-state index is 0.0128. The molecule has 1 aromatic rings. The zero-order valence-corrected chi connectivity index (χ0v) is 14.9. The standard InChI is InChI=1S/C17H25N3O2S/c1-17(2,3)13-10-23-15(19-13)12-6-4-5-9-20(12)16(22)11-7-8-14(21)18-11/h10-12H,4-9H2,1-3H3,(H,18,21)/t11-,12-/m1/s1. The molecule has 23 heavy (non-hydrogen) atoms. The molecular formula is C17H25N3O2S. The summed E-state index contributed by atoms with van der Waals surface area (Å²) in [6.45, 7) is 7.23. The Morgan fingerprint density at radius 3 is 2.74 bits per heavy atom. The van der Waals surface area contributed by atoms with Gasteiger partial charge in [0.15, 0.2) is 0 Å². The number of nitrogens with one attached hydrogen (secondary N) is 1. The average Bonchev–Trinajstić information content (AvgIpc) is 3.15. The number of aromatic nitrogens is 1. The molecule has 5 nitrogen and oxygen atoms in total. The highest BCUT2D eigenvalue weighted by Gasteiger charge is 2.37. The van der Waals surface area contributed by atoms with Crippen LogP contribution in [-0.2, 0) is 15.0 Å². The van der Waals surface area contributed by atoms with E-state index in [9.17, 15) is 9.59 Å². The first kappa shape index (κ1) is 16.4. The van der Waals surface area contributed by atoms with E-state index in [4.69, 9.17) is 4.98 Å². The highest BCUT2D eigenvalue weighted by molar-refractivity contribution is 7.09. The van der Waals surface area contributed by atoms with Crippen LogP contribution in [0.5, 0.6) is 0 Å². The van der Waals surface area contributed by atoms with Crippen LogP contribution in [0.1, 0.15) is 69.6 Å². The number of carbonyl (C=O) groups is 2. The maximum Gasteiger partial charge on any atom is 0.245 e. The number of hydrogen-bond donors (Lipinski definition) is 1. The third-order valence-electron chi connectivity index (χ3n) is 4.65. The van der Waals surface area contributed by atoms with Crippen molar-refractivity contribution in [3.05, 3.63) is 16.1 Å². The molecule has 2 amide bonds. The van der Waals surface area contributed by atoms with E-state index in [1.807, 2.05) is 4.90 Å². The molecule has 1 N–H and O–H groups in total. The van der Waals surface area contributed by atoms with E-state index in [0.29, 0.717) is 12.8 Å². The van der Waals surface area contributed by atoms with E-state index in [1.165, 1.54) is 0 Å². The maximum atomic E-state index is 12.8. The molecule has 2 saturated heterocycles. The van der Waals surface area contributed by atoms with Gasteiger partial charge in [0.1, 0.15) is 11.0 Å². The van der Waals surface area contributed by atoms with Gasteiger partial charge in [0.2, 0.25) is 11.8 Å². The molecule has 0 spiro atoms. The van der Waals surface area contributed by atoms with Gasteiger partial charge in [-0.05, 0) is 25.7 Å². The van der Waals surface area contributed by atoms with Crippen LogP contribution in [0.25, 0.3) is 0 Å². The third-order valence-corrected chi connectivity index (χ3v) is 5.60. The van der Waals surface area contributed by atoms with Gasteiger partial charge in [-0.15, -0.1) is 11.3 Å². The lowest BCUT2D eigenvalue weighted by molar-refractivity contribution is -0.138. The summed E-state index contributed by atoms with van der Waals surface area (Å²) in [6, 6.07) is -0.278. The molecule has 2 aliphatic heterocycles. The number of likely N-dealkylation sites (tertiary alicyclic amines) is 1. The highest BCUT2D eigenvalue weighted by Crippen LogP contribution is 2.35. The van der Waals surface area contributed by atoms with E-state index < -0.39 is 0 Å². The van der Waals surface area contributed by atoms with Gasteiger partial charge < -0.3 is 10.2 Å². The predicted octanol–water partition coefficient (Wildman–Crippen LogP) is 2.77. The first-order chi connectivity index (χ1) is 10.9. The summed E-state index contributed by atoms with van der Waals surface area (Å²) >= 11 is 1.65. The van der Waals surface area contributed by atoms with Gasteiger partial charge in [0, 0.05) is 23.8 Å². The van der Waals surface area contributed by atoms with Gasteiger partial charge in [0.05, 0.1) is 11.7 Å². The summed E-state index contributed by atoms with van der Waals surface area (Å²) in [6.07, 6.45) is 4.19. The second-order valence-electron chi connectivity index (χ2n) is 7.52. The van der Waals surface area contributed by atoms with Gasteiger partial charge in [-0.25, -0.2) is 4.98 Å². The number of piperidine rings is 1. The van der Waals surface area contributed by atoms with Crippen molar-refractivity contribution in [2.75, 3.05) is 6.54 Å². The second-order valence-corrected chi connectivity index (χ2v) is 8.41. The molecule has 0 aromatic carbocycles. The monoisotopic (exact) mass is 335 g/mol. The van der Waals surface area contributed by atoms with Gasteiger partial charge in [-0.3, -0.25) is 9.59 Å². The van der Waals surface area contributed by atoms with Crippen molar-refractivity contribution in [1.29, 1.82) is 0 Å². The Morgan fingerprint density at radius 2 is 2.13 bits per heavy atom. The van der Waals surface area contributed by atoms with E-state index in [2.05, 4.69) is 31.5 Å². The van der Waals surface area contributed by atoms with Crippen LogP contribution in [-0.4, -0.2) is 34.3 Å². The third kappa shape index (κ3) is 3.42. The van der Waals surface area contributed by atoms with E-state index >= 15 is 0 Å². The van der Waals surface area contributed by atoms with Gasteiger partial charge in [0.25, 0.3) is 0 Å². The first-order valence-corrected chi connectivity index (χ1v) is 9.30. The maximum absolute atomic E-state index is 12.8. The summed E-state index contributed by atoms with van der Waals surface area (Å²) < 4.78 is 0. The number of rotatable bonds is 2. The largest absolute Gasteiger partial charge is 0.344 e. The molecule has 2 atom stereocenters. The van der Waals surface area contributed by atoms with Gasteiger partial charge >= 0.3 is 0 Å². The predicted molar refractivity (Wildman–Crippen MR) is 90.3 cm³/mol. The molecule has 0 saturated carbocycles. The summed E-state index contributed by atoms with van der Waals surface area (Å²) in [5, 5.41) is 5.95. The quantitative estimate of drug-likeness (QED) is 0.904. The molecule has 3 rings (SSSR count). The second kappa shape index (κ2) is 6.23. The van der Waals surface area contributed by atoms with Crippen molar-refractivity contribution >= 4 is 23.2 Å². The van der Waals surface area contributed by atoms with Gasteiger partial charge in [-0.1, -0.05) is 20.8 Å². The minimum atomic E-state index is -0.342. The lowest BCUT2D eigenvalue weighted by atomic mass is 9.93. The Bertz CT molecular complexity index is 605. The number of hydrogen-bond acceptors (Lipinski definition) is 4. The zero-order chi connectivity index (χ0) is 16.6. The smallest absolute Gasteiger partial charge is 0.245 e. The fourth-order valence-electron chi connectivity index (χ4n) is 3.24. The van der Waals surface area contributed by atoms with Crippen molar-refractivity contribution < 1.29 is 9.59 Å². The average molecular weight is 335 g/mol. The molecular weight excluding hydrogens is 310 g/mol. The Labute approximate surface area is 141 Å². The fraction of sp³-hybridized carbons (Fsp3) is 0.706. The lowest BCUT2D eigenvalue weighted by Crippen LogP contribution is -2.47. The molecule has 0 radical (unpaired) electrons. The Hall–Kier alpha value is -1.43.